The summed E-state index contributed by atoms with van der Waals surface area (Å²) in [6.07, 6.45) is 1.53. The molecule has 0 saturated heterocycles. The number of nitrogens with zero attached hydrogens (tertiary/aromatic N) is 1. The summed E-state index contributed by atoms with van der Waals surface area (Å²) in [6.45, 7) is 0. The van der Waals surface area contributed by atoms with E-state index in [0.717, 1.165) is 16.6 Å². The van der Waals surface area contributed by atoms with Gasteiger partial charge in [-0.1, -0.05) is 0 Å². The second kappa shape index (κ2) is 3.03. The summed E-state index contributed by atoms with van der Waals surface area (Å²) in [5.74, 6) is 1.04. The number of H-pyrrole nitrogens is 1. The van der Waals surface area contributed by atoms with E-state index >= 15 is 0 Å². The van der Waals surface area contributed by atoms with Crippen LogP contribution in [0.3, 0.4) is 0 Å². The normalized spacial score (nSPS) is 11.0. The Labute approximate surface area is 91.1 Å². The van der Waals surface area contributed by atoms with Crippen molar-refractivity contribution in [2.24, 2.45) is 0 Å². The van der Waals surface area contributed by atoms with Crippen LogP contribution in [0.1, 0.15) is 0 Å². The average Bonchev–Trinajstić information content (AvgIpc) is 2.82. The molecule has 5 nitrogen and oxygen atoms in total. The average molecular weight is 214 g/mol. The van der Waals surface area contributed by atoms with E-state index in [-0.39, 0.29) is 0 Å². The molecule has 0 unspecified atom stereocenters. The second-order valence-corrected chi connectivity index (χ2v) is 3.56. The van der Waals surface area contributed by atoms with E-state index < -0.39 is 0 Å². The van der Waals surface area contributed by atoms with Gasteiger partial charge >= 0.3 is 0 Å². The number of hydrogen-bond acceptors (Lipinski definition) is 4. The molecule has 80 valence electrons. The number of hydrogen-bond donors (Lipinski definition) is 3. The monoisotopic (exact) mass is 214 g/mol. The molecule has 1 aromatic carbocycles. The maximum atomic E-state index is 5.69. The second-order valence-electron chi connectivity index (χ2n) is 3.56. The van der Waals surface area contributed by atoms with Crippen LogP contribution in [0.15, 0.2) is 34.9 Å². The number of benzene rings is 1. The summed E-state index contributed by atoms with van der Waals surface area (Å²) in [4.78, 5) is 7.55. The Bertz CT molecular complexity index is 653. The standard InChI is InChI=1S/C11H10N4O/c12-6-1-2-8-9(5-6)15-11(14-8)7-3-4-16-10(7)13/h1-5H,12-13H2,(H,14,15). The molecule has 0 atom stereocenters. The van der Waals surface area contributed by atoms with Gasteiger partial charge < -0.3 is 20.9 Å². The van der Waals surface area contributed by atoms with Gasteiger partial charge in [0.05, 0.1) is 22.9 Å². The first-order valence-corrected chi connectivity index (χ1v) is 4.82. The molecule has 0 bridgehead atoms. The molecule has 0 radical (unpaired) electrons. The summed E-state index contributed by atoms with van der Waals surface area (Å²) < 4.78 is 5.03. The quantitative estimate of drug-likeness (QED) is 0.540. The number of nitrogens with one attached hydrogen (secondary N) is 1. The van der Waals surface area contributed by atoms with E-state index in [0.29, 0.717) is 17.4 Å². The molecule has 5 heteroatoms. The zero-order chi connectivity index (χ0) is 11.1. The van der Waals surface area contributed by atoms with Crippen LogP contribution in [0.25, 0.3) is 22.4 Å². The van der Waals surface area contributed by atoms with Crippen molar-refractivity contribution in [1.29, 1.82) is 0 Å². The van der Waals surface area contributed by atoms with Gasteiger partial charge in [0.25, 0.3) is 0 Å². The van der Waals surface area contributed by atoms with Crippen LogP contribution in [0, 0.1) is 0 Å². The van der Waals surface area contributed by atoms with E-state index in [1.165, 1.54) is 6.26 Å². The molecule has 16 heavy (non-hydrogen) atoms. The van der Waals surface area contributed by atoms with Crippen molar-refractivity contribution < 1.29 is 4.42 Å². The number of aromatic amines is 1. The first kappa shape index (κ1) is 8.84. The van der Waals surface area contributed by atoms with E-state index in [1.54, 1.807) is 6.07 Å². The zero-order valence-electron chi connectivity index (χ0n) is 8.40. The molecule has 3 rings (SSSR count). The maximum Gasteiger partial charge on any atom is 0.201 e. The molecule has 0 saturated carbocycles. The van der Waals surface area contributed by atoms with E-state index in [9.17, 15) is 0 Å². The first-order valence-electron chi connectivity index (χ1n) is 4.82. The van der Waals surface area contributed by atoms with Crippen molar-refractivity contribution in [1.82, 2.24) is 9.97 Å². The van der Waals surface area contributed by atoms with Crippen molar-refractivity contribution in [3.8, 4) is 11.4 Å². The Morgan fingerprint density at radius 3 is 2.81 bits per heavy atom. The maximum absolute atomic E-state index is 5.69. The van der Waals surface area contributed by atoms with Gasteiger partial charge in [0.2, 0.25) is 5.88 Å². The van der Waals surface area contributed by atoms with Gasteiger partial charge in [-0.25, -0.2) is 4.98 Å². The highest BCUT2D eigenvalue weighted by Gasteiger charge is 2.10. The predicted octanol–water partition coefficient (Wildman–Crippen LogP) is 1.99. The lowest BCUT2D eigenvalue weighted by Crippen LogP contribution is -1.85. The third-order valence-corrected chi connectivity index (χ3v) is 2.46. The topological polar surface area (TPSA) is 93.9 Å². The van der Waals surface area contributed by atoms with Gasteiger partial charge in [-0.3, -0.25) is 0 Å². The highest BCUT2D eigenvalue weighted by atomic mass is 16.3. The number of furan rings is 1. The minimum atomic E-state index is 0.354. The van der Waals surface area contributed by atoms with Gasteiger partial charge in [0, 0.05) is 5.69 Å². The van der Waals surface area contributed by atoms with Crippen LogP contribution >= 0.6 is 0 Å². The molecule has 3 aromatic rings. The molecule has 0 aliphatic carbocycles. The van der Waals surface area contributed by atoms with Crippen LogP contribution < -0.4 is 11.5 Å². The molecular weight excluding hydrogens is 204 g/mol. The summed E-state index contributed by atoms with van der Waals surface area (Å²) in [6, 6.07) is 7.28. The van der Waals surface area contributed by atoms with Crippen molar-refractivity contribution in [3.63, 3.8) is 0 Å². The molecule has 0 amide bonds. The molecule has 2 heterocycles. The number of aromatic nitrogens is 2. The molecule has 0 spiro atoms. The van der Waals surface area contributed by atoms with E-state index in [1.807, 2.05) is 18.2 Å². The third-order valence-electron chi connectivity index (χ3n) is 2.46. The number of nitrogen functional groups attached to an aromatic ring is 2. The first-order chi connectivity index (χ1) is 7.74. The van der Waals surface area contributed by atoms with Crippen molar-refractivity contribution in [3.05, 3.63) is 30.5 Å². The number of rotatable bonds is 1. The molecule has 5 N–H and O–H groups in total. The largest absolute Gasteiger partial charge is 0.448 e. The van der Waals surface area contributed by atoms with Gasteiger partial charge in [0.1, 0.15) is 5.82 Å². The van der Waals surface area contributed by atoms with Crippen LogP contribution in [-0.2, 0) is 0 Å². The van der Waals surface area contributed by atoms with Crippen LogP contribution in [0.2, 0.25) is 0 Å². The fourth-order valence-corrected chi connectivity index (χ4v) is 1.67. The summed E-state index contributed by atoms with van der Waals surface area (Å²) in [7, 11) is 0. The highest BCUT2D eigenvalue weighted by molar-refractivity contribution is 5.83. The number of imidazole rings is 1. The van der Waals surface area contributed by atoms with E-state index in [4.69, 9.17) is 15.9 Å². The summed E-state index contributed by atoms with van der Waals surface area (Å²) >= 11 is 0. The smallest absolute Gasteiger partial charge is 0.201 e. The minimum Gasteiger partial charge on any atom is -0.448 e. The summed E-state index contributed by atoms with van der Waals surface area (Å²) in [5.41, 5.74) is 14.6. The summed E-state index contributed by atoms with van der Waals surface area (Å²) in [5, 5.41) is 0. The minimum absolute atomic E-state index is 0.354. The van der Waals surface area contributed by atoms with E-state index in [2.05, 4.69) is 9.97 Å². The number of nitrogens with two attached hydrogens (primary N) is 2. The Hall–Kier alpha value is -2.43. The lowest BCUT2D eigenvalue weighted by molar-refractivity contribution is 0.588. The van der Waals surface area contributed by atoms with Crippen molar-refractivity contribution in [2.45, 2.75) is 0 Å². The zero-order valence-corrected chi connectivity index (χ0v) is 8.40. The number of anilines is 2. The Morgan fingerprint density at radius 1 is 1.19 bits per heavy atom. The van der Waals surface area contributed by atoms with Crippen LogP contribution in [0.5, 0.6) is 0 Å². The third kappa shape index (κ3) is 1.22. The fraction of sp³-hybridized carbons (Fsp3) is 0. The Morgan fingerprint density at radius 2 is 2.06 bits per heavy atom. The lowest BCUT2D eigenvalue weighted by Gasteiger charge is -1.91. The molecule has 2 aromatic heterocycles. The van der Waals surface area contributed by atoms with Gasteiger partial charge in [-0.05, 0) is 24.3 Å². The highest BCUT2D eigenvalue weighted by Crippen LogP contribution is 2.26. The van der Waals surface area contributed by atoms with Crippen molar-refractivity contribution >= 4 is 22.6 Å². The Balaban J connectivity index is 2.23. The van der Waals surface area contributed by atoms with Gasteiger partial charge in [0.15, 0.2) is 0 Å². The molecule has 0 aliphatic rings. The van der Waals surface area contributed by atoms with Crippen LogP contribution in [0.4, 0.5) is 11.6 Å². The predicted molar refractivity (Wildman–Crippen MR) is 62.6 cm³/mol. The molecule has 0 aliphatic heterocycles. The molecule has 0 fully saturated rings. The number of fused-ring (bicyclic) bond motifs is 1. The Kier molecular flexibility index (Phi) is 1.67. The fourth-order valence-electron chi connectivity index (χ4n) is 1.67. The lowest BCUT2D eigenvalue weighted by atomic mass is 10.3. The van der Waals surface area contributed by atoms with Gasteiger partial charge in [-0.2, -0.15) is 0 Å². The molecular formula is C11H10N4O. The van der Waals surface area contributed by atoms with Crippen molar-refractivity contribution in [2.75, 3.05) is 11.5 Å². The van der Waals surface area contributed by atoms with Gasteiger partial charge in [-0.15, -0.1) is 0 Å². The van der Waals surface area contributed by atoms with Crippen LogP contribution in [-0.4, -0.2) is 9.97 Å². The SMILES string of the molecule is Nc1ccc2nc(-c3ccoc3N)[nH]c2c1.